The van der Waals surface area contributed by atoms with Gasteiger partial charge in [-0.15, -0.1) is 10.2 Å². The maximum atomic E-state index is 13.4. The average Bonchev–Trinajstić information content (AvgIpc) is 3.36. The van der Waals surface area contributed by atoms with Crippen LogP contribution in [0.2, 0.25) is 5.02 Å². The van der Waals surface area contributed by atoms with Crippen LogP contribution in [0.4, 0.5) is 16.2 Å². The molecule has 0 fully saturated rings. The van der Waals surface area contributed by atoms with Crippen LogP contribution in [0.15, 0.2) is 55.0 Å². The van der Waals surface area contributed by atoms with Crippen molar-refractivity contribution >= 4 is 29.0 Å². The van der Waals surface area contributed by atoms with E-state index >= 15 is 0 Å². The maximum absolute atomic E-state index is 13.4. The molecule has 0 aliphatic rings. The van der Waals surface area contributed by atoms with Crippen LogP contribution >= 0.6 is 11.6 Å². The fourth-order valence-electron chi connectivity index (χ4n) is 3.10. The molecular weight excluding hydrogens is 421 g/mol. The van der Waals surface area contributed by atoms with E-state index in [0.29, 0.717) is 35.4 Å². The minimum Gasteiger partial charge on any atom is -0.307 e. The third-order valence-electron chi connectivity index (χ3n) is 4.58. The van der Waals surface area contributed by atoms with Gasteiger partial charge in [0, 0.05) is 37.5 Å². The lowest BCUT2D eigenvalue weighted by atomic mass is 10.1. The van der Waals surface area contributed by atoms with E-state index in [0.717, 1.165) is 11.1 Å². The molecule has 5 aromatic rings. The zero-order valence-corrected chi connectivity index (χ0v) is 17.0. The molecule has 0 radical (unpaired) electrons. The van der Waals surface area contributed by atoms with Crippen LogP contribution < -0.4 is 5.32 Å². The van der Waals surface area contributed by atoms with E-state index < -0.39 is 5.82 Å². The number of halogens is 2. The third-order valence-corrected chi connectivity index (χ3v) is 4.87. The van der Waals surface area contributed by atoms with E-state index in [2.05, 4.69) is 35.7 Å². The molecule has 0 aliphatic heterocycles. The van der Waals surface area contributed by atoms with E-state index in [1.807, 2.05) is 25.4 Å². The summed E-state index contributed by atoms with van der Waals surface area (Å²) in [7, 11) is 1.83. The number of fused-ring (bicyclic) bond motifs is 1. The lowest BCUT2D eigenvalue weighted by molar-refractivity contribution is 0.627. The fourth-order valence-corrected chi connectivity index (χ4v) is 3.30. The Morgan fingerprint density at radius 3 is 2.84 bits per heavy atom. The predicted molar refractivity (Wildman–Crippen MR) is 113 cm³/mol. The second-order valence-corrected chi connectivity index (χ2v) is 7.23. The summed E-state index contributed by atoms with van der Waals surface area (Å²) in [5, 5.41) is 20.3. The Bertz CT molecular complexity index is 1390. The quantitative estimate of drug-likeness (QED) is 0.451. The Hall–Kier alpha value is -3.92. The van der Waals surface area contributed by atoms with Crippen LogP contribution in [0.25, 0.3) is 16.9 Å². The summed E-state index contributed by atoms with van der Waals surface area (Å²) in [6.45, 7) is 0. The van der Waals surface area contributed by atoms with Crippen LogP contribution in [0.3, 0.4) is 0 Å². The van der Waals surface area contributed by atoms with Gasteiger partial charge in [-0.1, -0.05) is 17.7 Å². The van der Waals surface area contributed by atoms with Gasteiger partial charge >= 0.3 is 0 Å². The normalized spacial score (nSPS) is 11.2. The predicted octanol–water partition coefficient (Wildman–Crippen LogP) is 3.44. The van der Waals surface area contributed by atoms with Gasteiger partial charge in [0.1, 0.15) is 5.82 Å². The Balaban J connectivity index is 1.41. The fraction of sp³-hybridized carbons (Fsp3) is 0.100. The van der Waals surface area contributed by atoms with Crippen molar-refractivity contribution in [3.05, 3.63) is 77.2 Å². The molecule has 0 aliphatic carbocycles. The molecule has 11 heteroatoms. The Kier molecular flexibility index (Phi) is 4.75. The van der Waals surface area contributed by atoms with E-state index in [-0.39, 0.29) is 5.02 Å². The Labute approximate surface area is 180 Å². The standard InChI is InChI=1S/C20H15ClFN9/c1-30-7-5-17(29-30)26-20-23-6-4-16(25-20)13-10-19-28-27-18(31(19)24-11-13)9-12-2-3-15(22)14(21)8-12/h2-8,10-11H,9H2,1H3,(H,23,25,26,29). The number of hydrogen-bond donors (Lipinski definition) is 1. The zero-order chi connectivity index (χ0) is 21.4. The van der Waals surface area contributed by atoms with Crippen LogP contribution in [0.1, 0.15) is 11.4 Å². The molecule has 4 aromatic heterocycles. The molecule has 31 heavy (non-hydrogen) atoms. The van der Waals surface area contributed by atoms with E-state index in [1.54, 1.807) is 39.8 Å². The first-order chi connectivity index (χ1) is 15.0. The molecule has 1 N–H and O–H groups in total. The number of nitrogens with one attached hydrogen (secondary N) is 1. The van der Waals surface area contributed by atoms with Crippen LogP contribution in [0.5, 0.6) is 0 Å². The topological polar surface area (TPSA) is 98.7 Å². The van der Waals surface area contributed by atoms with Gasteiger partial charge in [-0.05, 0) is 29.8 Å². The van der Waals surface area contributed by atoms with Crippen molar-refractivity contribution in [1.82, 2.24) is 39.6 Å². The third kappa shape index (κ3) is 3.92. The summed E-state index contributed by atoms with van der Waals surface area (Å²) >= 11 is 5.87. The van der Waals surface area contributed by atoms with Gasteiger partial charge in [-0.3, -0.25) is 4.68 Å². The minimum absolute atomic E-state index is 0.0699. The summed E-state index contributed by atoms with van der Waals surface area (Å²) in [6, 6.07) is 10.0. The molecule has 0 saturated carbocycles. The molecular formula is C20H15ClFN9. The van der Waals surface area contributed by atoms with Crippen molar-refractivity contribution in [2.24, 2.45) is 7.05 Å². The average molecular weight is 436 g/mol. The molecule has 0 unspecified atom stereocenters. The lowest BCUT2D eigenvalue weighted by Crippen LogP contribution is -2.02. The van der Waals surface area contributed by atoms with Crippen molar-refractivity contribution in [3.63, 3.8) is 0 Å². The van der Waals surface area contributed by atoms with Gasteiger partial charge < -0.3 is 5.32 Å². The first-order valence-electron chi connectivity index (χ1n) is 9.29. The number of nitrogens with zero attached hydrogens (tertiary/aromatic N) is 8. The first kappa shape index (κ1) is 19.1. The Morgan fingerprint density at radius 2 is 2.03 bits per heavy atom. The van der Waals surface area contributed by atoms with Gasteiger partial charge in [0.15, 0.2) is 17.3 Å². The molecule has 0 atom stereocenters. The van der Waals surface area contributed by atoms with Crippen molar-refractivity contribution in [3.8, 4) is 11.3 Å². The molecule has 0 spiro atoms. The van der Waals surface area contributed by atoms with Crippen molar-refractivity contribution in [2.75, 3.05) is 5.32 Å². The summed E-state index contributed by atoms with van der Waals surface area (Å²) in [5.74, 6) is 1.23. The molecule has 0 saturated heterocycles. The summed E-state index contributed by atoms with van der Waals surface area (Å²) in [4.78, 5) is 8.76. The Morgan fingerprint density at radius 1 is 1.13 bits per heavy atom. The smallest absolute Gasteiger partial charge is 0.228 e. The molecule has 0 bridgehead atoms. The highest BCUT2D eigenvalue weighted by Gasteiger charge is 2.12. The highest BCUT2D eigenvalue weighted by molar-refractivity contribution is 6.30. The second-order valence-electron chi connectivity index (χ2n) is 6.82. The number of hydrogen-bond acceptors (Lipinski definition) is 7. The number of benzene rings is 1. The van der Waals surface area contributed by atoms with Gasteiger partial charge in [-0.25, -0.2) is 14.4 Å². The number of rotatable bonds is 5. The van der Waals surface area contributed by atoms with Crippen molar-refractivity contribution in [1.29, 1.82) is 0 Å². The van der Waals surface area contributed by atoms with E-state index in [1.165, 1.54) is 6.07 Å². The van der Waals surface area contributed by atoms with Gasteiger partial charge in [0.2, 0.25) is 5.95 Å². The molecule has 0 amide bonds. The van der Waals surface area contributed by atoms with Gasteiger partial charge in [-0.2, -0.15) is 14.7 Å². The lowest BCUT2D eigenvalue weighted by Gasteiger charge is -2.05. The van der Waals surface area contributed by atoms with Crippen LogP contribution in [0, 0.1) is 5.82 Å². The minimum atomic E-state index is -0.457. The maximum Gasteiger partial charge on any atom is 0.228 e. The van der Waals surface area contributed by atoms with E-state index in [9.17, 15) is 4.39 Å². The SMILES string of the molecule is Cn1ccc(Nc2nccc(-c3cnn4c(Cc5ccc(F)c(Cl)c5)nnc4c3)n2)n1. The zero-order valence-electron chi connectivity index (χ0n) is 16.2. The highest BCUT2D eigenvalue weighted by atomic mass is 35.5. The number of aryl methyl sites for hydroxylation is 1. The first-order valence-corrected chi connectivity index (χ1v) is 9.67. The molecule has 154 valence electrons. The van der Waals surface area contributed by atoms with Crippen molar-refractivity contribution in [2.45, 2.75) is 6.42 Å². The molecule has 5 rings (SSSR count). The summed E-state index contributed by atoms with van der Waals surface area (Å²) < 4.78 is 16.7. The van der Waals surface area contributed by atoms with Crippen LogP contribution in [-0.4, -0.2) is 39.6 Å². The largest absolute Gasteiger partial charge is 0.307 e. The van der Waals surface area contributed by atoms with Crippen molar-refractivity contribution < 1.29 is 4.39 Å². The summed E-state index contributed by atoms with van der Waals surface area (Å²) in [6.07, 6.45) is 5.58. The number of anilines is 2. The van der Waals surface area contributed by atoms with Crippen LogP contribution in [-0.2, 0) is 13.5 Å². The molecule has 4 heterocycles. The monoisotopic (exact) mass is 435 g/mol. The molecule has 1 aromatic carbocycles. The number of aromatic nitrogens is 8. The second kappa shape index (κ2) is 7.73. The van der Waals surface area contributed by atoms with E-state index in [4.69, 9.17) is 11.6 Å². The molecule has 9 nitrogen and oxygen atoms in total. The van der Waals surface area contributed by atoms with Gasteiger partial charge in [0.05, 0.1) is 16.9 Å². The summed E-state index contributed by atoms with van der Waals surface area (Å²) in [5.41, 5.74) is 2.83. The highest BCUT2D eigenvalue weighted by Crippen LogP contribution is 2.21. The van der Waals surface area contributed by atoms with Gasteiger partial charge in [0.25, 0.3) is 0 Å².